The maximum absolute atomic E-state index is 10.4. The summed E-state index contributed by atoms with van der Waals surface area (Å²) in [5, 5.41) is 0. The van der Waals surface area contributed by atoms with Gasteiger partial charge in [-0.3, -0.25) is 4.18 Å². The van der Waals surface area contributed by atoms with Gasteiger partial charge in [0.05, 0.1) is 19.6 Å². The van der Waals surface area contributed by atoms with Gasteiger partial charge in [-0.1, -0.05) is 20.8 Å². The molecule has 6 heteroatoms. The van der Waals surface area contributed by atoms with Crippen molar-refractivity contribution in [1.29, 1.82) is 0 Å². The molecule has 0 radical (unpaired) electrons. The first-order valence-corrected chi connectivity index (χ1v) is 7.67. The Balaban J connectivity index is 4.43. The van der Waals surface area contributed by atoms with Crippen LogP contribution in [0.4, 0.5) is 0 Å². The molecule has 104 valence electrons. The lowest BCUT2D eigenvalue weighted by Gasteiger charge is -2.38. The zero-order valence-electron chi connectivity index (χ0n) is 11.1. The zero-order valence-corrected chi connectivity index (χ0v) is 12.0. The van der Waals surface area contributed by atoms with Gasteiger partial charge in [-0.2, -0.15) is 0 Å². The molecule has 0 spiro atoms. The van der Waals surface area contributed by atoms with Crippen molar-refractivity contribution in [3.63, 3.8) is 0 Å². The van der Waals surface area contributed by atoms with Gasteiger partial charge in [0, 0.05) is 0 Å². The summed E-state index contributed by atoms with van der Waals surface area (Å²) in [5.41, 5.74) is 0. The van der Waals surface area contributed by atoms with Crippen LogP contribution in [-0.2, 0) is 14.6 Å². The van der Waals surface area contributed by atoms with Gasteiger partial charge in [0.15, 0.2) is 0 Å². The molecular weight excluding hydrogens is 242 g/mol. The molecule has 0 aliphatic heterocycles. The fourth-order valence-electron chi connectivity index (χ4n) is 2.43. The highest BCUT2D eigenvalue weighted by Gasteiger charge is 2.24. The summed E-state index contributed by atoms with van der Waals surface area (Å²) in [6.07, 6.45) is 3.14. The van der Waals surface area contributed by atoms with E-state index < -0.39 is 10.4 Å². The number of hydrogen-bond acceptors (Lipinski definition) is 4. The van der Waals surface area contributed by atoms with Crippen LogP contribution in [0.1, 0.15) is 40.0 Å². The highest BCUT2D eigenvalue weighted by Crippen LogP contribution is 2.11. The molecule has 0 heterocycles. The van der Waals surface area contributed by atoms with Crippen molar-refractivity contribution < 1.29 is 21.6 Å². The van der Waals surface area contributed by atoms with Crippen LogP contribution in [0.15, 0.2) is 0 Å². The van der Waals surface area contributed by atoms with Gasteiger partial charge in [-0.05, 0) is 19.3 Å². The predicted octanol–water partition coefficient (Wildman–Crippen LogP) is 1.51. The van der Waals surface area contributed by atoms with Crippen LogP contribution >= 0.6 is 0 Å². The van der Waals surface area contributed by atoms with Crippen LogP contribution in [0.3, 0.4) is 0 Å². The average molecular weight is 267 g/mol. The summed E-state index contributed by atoms with van der Waals surface area (Å²) in [6, 6.07) is 0. The highest BCUT2D eigenvalue weighted by atomic mass is 32.3. The lowest BCUT2D eigenvalue weighted by molar-refractivity contribution is -0.928. The average Bonchev–Trinajstić information content (AvgIpc) is 2.16. The van der Waals surface area contributed by atoms with Crippen molar-refractivity contribution in [3.8, 4) is 0 Å². The first-order valence-electron chi connectivity index (χ1n) is 6.34. The van der Waals surface area contributed by atoms with Crippen LogP contribution in [0.5, 0.6) is 0 Å². The predicted molar refractivity (Wildman–Crippen MR) is 66.3 cm³/mol. The summed E-state index contributed by atoms with van der Waals surface area (Å²) in [5.74, 6) is 0. The Morgan fingerprint density at radius 2 is 1.35 bits per heavy atom. The van der Waals surface area contributed by atoms with Crippen molar-refractivity contribution >= 4 is 10.4 Å². The molecule has 0 aliphatic carbocycles. The van der Waals surface area contributed by atoms with Gasteiger partial charge < -0.3 is 9.04 Å². The van der Waals surface area contributed by atoms with Gasteiger partial charge >= 0.3 is 0 Å². The summed E-state index contributed by atoms with van der Waals surface area (Å²) >= 11 is 0. The number of nitrogens with zero attached hydrogens (tertiary/aromatic N) is 1. The molecule has 0 aliphatic rings. The quantitative estimate of drug-likeness (QED) is 0.342. The largest absolute Gasteiger partial charge is 0.726 e. The van der Waals surface area contributed by atoms with Crippen LogP contribution < -0.4 is 0 Å². The minimum atomic E-state index is -4.55. The Bertz CT molecular complexity index is 273. The van der Waals surface area contributed by atoms with Crippen molar-refractivity contribution in [2.75, 3.05) is 32.8 Å². The number of rotatable bonds is 10. The van der Waals surface area contributed by atoms with E-state index in [0.717, 1.165) is 43.4 Å². The molecule has 0 rings (SSSR count). The molecule has 5 nitrogen and oxygen atoms in total. The third-order valence-electron chi connectivity index (χ3n) is 2.89. The Hall–Kier alpha value is -0.170. The summed E-state index contributed by atoms with van der Waals surface area (Å²) in [7, 11) is -4.55. The maximum Gasteiger partial charge on any atom is 0.217 e. The van der Waals surface area contributed by atoms with Crippen LogP contribution in [-0.4, -0.2) is 50.2 Å². The minimum absolute atomic E-state index is 0.00810. The monoisotopic (exact) mass is 267 g/mol. The van der Waals surface area contributed by atoms with E-state index in [1.165, 1.54) is 0 Å². The van der Waals surface area contributed by atoms with Crippen molar-refractivity contribution in [3.05, 3.63) is 0 Å². The van der Waals surface area contributed by atoms with Crippen LogP contribution in [0.2, 0.25) is 0 Å². The second-order valence-corrected chi connectivity index (χ2v) is 5.52. The molecule has 0 unspecified atom stereocenters. The molecule has 0 fully saturated rings. The Labute approximate surface area is 105 Å². The fraction of sp³-hybridized carbons (Fsp3) is 1.00. The molecule has 0 N–H and O–H groups in total. The Morgan fingerprint density at radius 3 is 1.65 bits per heavy atom. The zero-order chi connectivity index (χ0) is 13.4. The van der Waals surface area contributed by atoms with Gasteiger partial charge in [0.1, 0.15) is 13.2 Å². The van der Waals surface area contributed by atoms with E-state index in [-0.39, 0.29) is 6.61 Å². The second-order valence-electron chi connectivity index (χ2n) is 4.47. The first-order chi connectivity index (χ1) is 7.89. The molecule has 0 aromatic rings. The Morgan fingerprint density at radius 1 is 0.941 bits per heavy atom. The van der Waals surface area contributed by atoms with E-state index in [1.807, 2.05) is 0 Å². The van der Waals surface area contributed by atoms with E-state index in [2.05, 4.69) is 25.0 Å². The van der Waals surface area contributed by atoms with Gasteiger partial charge in [0.25, 0.3) is 0 Å². The van der Waals surface area contributed by atoms with Crippen molar-refractivity contribution in [1.82, 2.24) is 0 Å². The van der Waals surface area contributed by atoms with Crippen molar-refractivity contribution in [2.45, 2.75) is 40.0 Å². The molecule has 0 atom stereocenters. The van der Waals surface area contributed by atoms with E-state index in [1.54, 1.807) is 0 Å². The third kappa shape index (κ3) is 7.70. The fourth-order valence-corrected chi connectivity index (χ4v) is 2.71. The smallest absolute Gasteiger partial charge is 0.217 e. The van der Waals surface area contributed by atoms with Gasteiger partial charge in [-0.15, -0.1) is 0 Å². The summed E-state index contributed by atoms with van der Waals surface area (Å²) in [6.45, 7) is 9.94. The normalized spacial score (nSPS) is 12.9. The molecule has 17 heavy (non-hydrogen) atoms. The van der Waals surface area contributed by atoms with E-state index in [9.17, 15) is 13.0 Å². The minimum Gasteiger partial charge on any atom is -0.726 e. The van der Waals surface area contributed by atoms with E-state index >= 15 is 0 Å². The topological polar surface area (TPSA) is 66.4 Å². The molecule has 0 bridgehead atoms. The molecule has 0 saturated carbocycles. The number of hydrogen-bond donors (Lipinski definition) is 0. The van der Waals surface area contributed by atoms with E-state index in [0.29, 0.717) is 6.54 Å². The molecule has 0 amide bonds. The summed E-state index contributed by atoms with van der Waals surface area (Å²) in [4.78, 5) is 0. The summed E-state index contributed by atoms with van der Waals surface area (Å²) < 4.78 is 36.4. The number of quaternary nitrogens is 1. The maximum atomic E-state index is 10.4. The van der Waals surface area contributed by atoms with E-state index in [4.69, 9.17) is 0 Å². The third-order valence-corrected chi connectivity index (χ3v) is 3.34. The molecule has 0 saturated heterocycles. The van der Waals surface area contributed by atoms with Gasteiger partial charge in [0.2, 0.25) is 10.4 Å². The van der Waals surface area contributed by atoms with Crippen LogP contribution in [0.25, 0.3) is 0 Å². The van der Waals surface area contributed by atoms with Gasteiger partial charge in [-0.25, -0.2) is 8.42 Å². The van der Waals surface area contributed by atoms with Crippen molar-refractivity contribution in [2.24, 2.45) is 0 Å². The second kappa shape index (κ2) is 8.02. The SMILES string of the molecule is CCC[N+](CCC)(CCC)CCOS(=O)(=O)[O-]. The molecule has 0 aromatic heterocycles. The molecular formula is C11H25NO4S. The lowest BCUT2D eigenvalue weighted by atomic mass is 10.2. The first kappa shape index (κ1) is 16.8. The van der Waals surface area contributed by atoms with Crippen LogP contribution in [0, 0.1) is 0 Å². The Kier molecular flexibility index (Phi) is 7.94. The molecule has 0 aromatic carbocycles. The standard InChI is InChI=1S/C11H25NO4S/c1-4-7-12(8-5-2,9-6-3)10-11-16-17(13,14)15/h4-11H2,1-3H3. The highest BCUT2D eigenvalue weighted by molar-refractivity contribution is 7.80. The lowest BCUT2D eigenvalue weighted by Crippen LogP contribution is -2.51.